The third kappa shape index (κ3) is 6.23. The summed E-state index contributed by atoms with van der Waals surface area (Å²) in [5.74, 6) is 1.81. The number of nitrogens with zero attached hydrogens (tertiary/aromatic N) is 3. The monoisotopic (exact) mass is 534 g/mol. The number of allylic oxidation sites excluding steroid dienone is 1. The Morgan fingerprint density at radius 2 is 1.84 bits per heavy atom. The molecule has 2 heterocycles. The number of anilines is 1. The number of ether oxygens (including phenoxy) is 2. The number of aromatic nitrogens is 3. The van der Waals surface area contributed by atoms with Crippen molar-refractivity contribution >= 4 is 23.7 Å². The zero-order valence-electron chi connectivity index (χ0n) is 23.4. The molecule has 1 aliphatic rings. The Labute approximate surface area is 230 Å². The number of fused-ring (bicyclic) bond motifs is 1. The fourth-order valence-electron chi connectivity index (χ4n) is 4.32. The first-order valence-electron chi connectivity index (χ1n) is 13.2. The van der Waals surface area contributed by atoms with Crippen molar-refractivity contribution in [1.82, 2.24) is 14.8 Å². The Kier molecular flexibility index (Phi) is 8.51. The lowest BCUT2D eigenvalue weighted by Crippen LogP contribution is -2.31. The minimum atomic E-state index is -0.541. The minimum absolute atomic E-state index is 0.0932. The van der Waals surface area contributed by atoms with Crippen LogP contribution >= 0.6 is 11.8 Å². The van der Waals surface area contributed by atoms with Crippen LogP contribution in [0.15, 0.2) is 65.0 Å². The molecule has 1 atom stereocenters. The second-order valence-electron chi connectivity index (χ2n) is 10.8. The summed E-state index contributed by atoms with van der Waals surface area (Å²) in [6.45, 7) is 14.7. The molecule has 0 aliphatic carbocycles. The molecule has 38 heavy (non-hydrogen) atoms. The average molecular weight is 535 g/mol. The summed E-state index contributed by atoms with van der Waals surface area (Å²) < 4.78 is 13.8. The first-order chi connectivity index (χ1) is 18.1. The number of para-hydroxylation sites is 1. The van der Waals surface area contributed by atoms with E-state index in [0.29, 0.717) is 34.7 Å². The van der Waals surface area contributed by atoms with Crippen LogP contribution in [0.25, 0.3) is 0 Å². The van der Waals surface area contributed by atoms with Crippen molar-refractivity contribution in [1.29, 1.82) is 0 Å². The van der Waals surface area contributed by atoms with Crippen LogP contribution in [-0.2, 0) is 21.6 Å². The Hall–Kier alpha value is -3.26. The second kappa shape index (κ2) is 11.6. The van der Waals surface area contributed by atoms with E-state index in [9.17, 15) is 4.79 Å². The van der Waals surface area contributed by atoms with E-state index in [1.165, 1.54) is 5.56 Å². The summed E-state index contributed by atoms with van der Waals surface area (Å²) in [6.07, 6.45) is 0.765. The minimum Gasteiger partial charge on any atom is -0.489 e. The van der Waals surface area contributed by atoms with E-state index in [-0.39, 0.29) is 17.5 Å². The molecule has 1 aliphatic heterocycles. The molecule has 2 aromatic carbocycles. The lowest BCUT2D eigenvalue weighted by Gasteiger charge is -2.29. The highest BCUT2D eigenvalue weighted by Gasteiger charge is 2.37. The molecular formula is C30H38N4O3S. The smallest absolute Gasteiger partial charge is 0.338 e. The van der Waals surface area contributed by atoms with Gasteiger partial charge in [0.2, 0.25) is 11.1 Å². The Bertz CT molecular complexity index is 1310. The fourth-order valence-corrected chi connectivity index (χ4v) is 5.00. The van der Waals surface area contributed by atoms with E-state index < -0.39 is 6.04 Å². The van der Waals surface area contributed by atoms with Crippen LogP contribution in [0.2, 0.25) is 0 Å². The average Bonchev–Trinajstić information content (AvgIpc) is 3.27. The van der Waals surface area contributed by atoms with Gasteiger partial charge < -0.3 is 14.8 Å². The molecule has 1 unspecified atom stereocenters. The summed E-state index contributed by atoms with van der Waals surface area (Å²) in [5.41, 5.74) is 4.46. The lowest BCUT2D eigenvalue weighted by molar-refractivity contribution is -0.143. The van der Waals surface area contributed by atoms with Gasteiger partial charge in [-0.1, -0.05) is 81.9 Å². The van der Waals surface area contributed by atoms with Crippen LogP contribution in [0, 0.1) is 0 Å². The molecule has 202 valence electrons. The van der Waals surface area contributed by atoms with E-state index >= 15 is 0 Å². The van der Waals surface area contributed by atoms with Crippen LogP contribution < -0.4 is 10.1 Å². The van der Waals surface area contributed by atoms with Crippen LogP contribution in [0.5, 0.6) is 5.75 Å². The van der Waals surface area contributed by atoms with Gasteiger partial charge in [-0.3, -0.25) is 0 Å². The van der Waals surface area contributed by atoms with Crippen molar-refractivity contribution in [3.63, 3.8) is 0 Å². The van der Waals surface area contributed by atoms with Gasteiger partial charge in [0, 0.05) is 17.0 Å². The molecule has 7 nitrogen and oxygen atoms in total. The predicted octanol–water partition coefficient (Wildman–Crippen LogP) is 6.90. The maximum Gasteiger partial charge on any atom is 0.338 e. The molecule has 0 amide bonds. The maximum absolute atomic E-state index is 13.4. The van der Waals surface area contributed by atoms with E-state index in [0.717, 1.165) is 23.3 Å². The molecule has 0 spiro atoms. The third-order valence-corrected chi connectivity index (χ3v) is 7.30. The Balaban J connectivity index is 1.71. The summed E-state index contributed by atoms with van der Waals surface area (Å²) in [7, 11) is 0. The van der Waals surface area contributed by atoms with Crippen LogP contribution in [0.3, 0.4) is 0 Å². The molecule has 0 bridgehead atoms. The highest BCUT2D eigenvalue weighted by Crippen LogP contribution is 2.40. The molecule has 0 fully saturated rings. The van der Waals surface area contributed by atoms with Gasteiger partial charge in [0.25, 0.3) is 0 Å². The van der Waals surface area contributed by atoms with E-state index in [1.54, 1.807) is 16.4 Å². The predicted molar refractivity (Wildman–Crippen MR) is 153 cm³/mol. The van der Waals surface area contributed by atoms with Crippen molar-refractivity contribution in [3.05, 3.63) is 76.5 Å². The summed E-state index contributed by atoms with van der Waals surface area (Å²) in [6, 6.07) is 15.8. The van der Waals surface area contributed by atoms with Gasteiger partial charge in [0.15, 0.2) is 0 Å². The van der Waals surface area contributed by atoms with Gasteiger partial charge in [-0.15, -0.1) is 5.10 Å². The Morgan fingerprint density at radius 1 is 1.13 bits per heavy atom. The van der Waals surface area contributed by atoms with Crippen LogP contribution in [0.1, 0.15) is 77.6 Å². The summed E-state index contributed by atoms with van der Waals surface area (Å²) in [4.78, 5) is 18.1. The van der Waals surface area contributed by atoms with Crippen LogP contribution in [0.4, 0.5) is 5.95 Å². The van der Waals surface area contributed by atoms with E-state index in [2.05, 4.69) is 57.3 Å². The van der Waals surface area contributed by atoms with Gasteiger partial charge in [-0.05, 0) is 49.8 Å². The van der Waals surface area contributed by atoms with Gasteiger partial charge in [0.05, 0.1) is 11.7 Å². The number of esters is 1. The quantitative estimate of drug-likeness (QED) is 0.236. The van der Waals surface area contributed by atoms with Crippen molar-refractivity contribution in [2.24, 2.45) is 0 Å². The SMILES string of the molecule is CCCSc1nc2n(n1)C(c1ccccc1OCc1ccc(C(C)(C)C)cc1)C(C(=O)OC(C)C)=C(C)N2. The molecular weight excluding hydrogens is 496 g/mol. The molecule has 8 heteroatoms. The number of rotatable bonds is 9. The number of benzene rings is 2. The van der Waals surface area contributed by atoms with Gasteiger partial charge in [-0.25, -0.2) is 9.48 Å². The second-order valence-corrected chi connectivity index (χ2v) is 11.9. The molecule has 0 saturated heterocycles. The van der Waals surface area contributed by atoms with E-state index in [4.69, 9.17) is 19.6 Å². The maximum atomic E-state index is 13.4. The Morgan fingerprint density at radius 3 is 2.50 bits per heavy atom. The zero-order valence-corrected chi connectivity index (χ0v) is 24.2. The molecule has 0 radical (unpaired) electrons. The summed E-state index contributed by atoms with van der Waals surface area (Å²) in [5, 5.41) is 8.73. The molecule has 4 rings (SSSR count). The largest absolute Gasteiger partial charge is 0.489 e. The number of hydrogen-bond donors (Lipinski definition) is 1. The molecule has 3 aromatic rings. The van der Waals surface area contributed by atoms with Crippen molar-refractivity contribution < 1.29 is 14.3 Å². The highest BCUT2D eigenvalue weighted by molar-refractivity contribution is 7.99. The van der Waals surface area contributed by atoms with Gasteiger partial charge in [-0.2, -0.15) is 4.98 Å². The number of carbonyl (C=O) groups is 1. The number of carbonyl (C=O) groups excluding carboxylic acids is 1. The number of hydrogen-bond acceptors (Lipinski definition) is 7. The zero-order chi connectivity index (χ0) is 27.4. The summed E-state index contributed by atoms with van der Waals surface area (Å²) >= 11 is 1.60. The number of thioether (sulfide) groups is 1. The van der Waals surface area contributed by atoms with Gasteiger partial charge in [0.1, 0.15) is 18.4 Å². The first-order valence-corrected chi connectivity index (χ1v) is 14.2. The normalized spacial score (nSPS) is 15.3. The van der Waals surface area contributed by atoms with Crippen molar-refractivity contribution in [3.8, 4) is 5.75 Å². The molecule has 1 N–H and O–H groups in total. The lowest BCUT2D eigenvalue weighted by atomic mass is 9.87. The number of nitrogens with one attached hydrogen (secondary N) is 1. The standard InChI is InChI=1S/C30H38N4O3S/c1-8-17-38-29-32-28-31-20(4)25(27(35)37-19(2)3)26(34(28)33-29)23-11-9-10-12-24(23)36-18-21-13-15-22(16-14-21)30(5,6)7/h9-16,19,26H,8,17-18H2,1-7H3,(H,31,32,33). The molecule has 1 aromatic heterocycles. The fraction of sp³-hybridized carbons (Fsp3) is 0.433. The van der Waals surface area contributed by atoms with Gasteiger partial charge >= 0.3 is 5.97 Å². The van der Waals surface area contributed by atoms with Crippen LogP contribution in [-0.4, -0.2) is 32.6 Å². The van der Waals surface area contributed by atoms with Crippen molar-refractivity contribution in [2.75, 3.05) is 11.1 Å². The van der Waals surface area contributed by atoms with E-state index in [1.807, 2.05) is 45.0 Å². The highest BCUT2D eigenvalue weighted by atomic mass is 32.2. The third-order valence-electron chi connectivity index (χ3n) is 6.26. The molecule has 0 saturated carbocycles. The van der Waals surface area contributed by atoms with Crippen molar-refractivity contribution in [2.45, 2.75) is 84.2 Å². The first kappa shape index (κ1) is 27.8. The topological polar surface area (TPSA) is 78.3 Å².